The van der Waals surface area contributed by atoms with E-state index in [1.54, 1.807) is 0 Å². The van der Waals surface area contributed by atoms with Crippen LogP contribution in [0.15, 0.2) is 36.4 Å². The van der Waals surface area contributed by atoms with Crippen LogP contribution in [0, 0.1) is 5.82 Å². The molecule has 1 aromatic carbocycles. The molecule has 0 aromatic heterocycles. The normalized spacial score (nSPS) is 10.3. The van der Waals surface area contributed by atoms with E-state index < -0.39 is 11.9 Å². The van der Waals surface area contributed by atoms with Crippen molar-refractivity contribution in [2.45, 2.75) is 6.54 Å². The molecule has 0 aliphatic rings. The largest absolute Gasteiger partial charge is 0.478 e. The maximum absolute atomic E-state index is 12.5. The average molecular weight is 223 g/mol. The molecular formula is C11H10FNO3. The van der Waals surface area contributed by atoms with Crippen LogP contribution in [0.1, 0.15) is 5.56 Å². The Kier molecular flexibility index (Phi) is 4.20. The lowest BCUT2D eigenvalue weighted by atomic mass is 10.2. The second kappa shape index (κ2) is 5.65. The number of nitrogens with one attached hydrogen (secondary N) is 1. The fourth-order valence-electron chi connectivity index (χ4n) is 0.997. The maximum atomic E-state index is 12.5. The van der Waals surface area contributed by atoms with E-state index in [4.69, 9.17) is 5.11 Å². The Morgan fingerprint density at radius 2 is 1.88 bits per heavy atom. The molecule has 0 heterocycles. The predicted molar refractivity (Wildman–Crippen MR) is 55.0 cm³/mol. The van der Waals surface area contributed by atoms with Crippen LogP contribution in [0.2, 0.25) is 0 Å². The van der Waals surface area contributed by atoms with Crippen LogP contribution in [-0.2, 0) is 16.1 Å². The van der Waals surface area contributed by atoms with Crippen LogP contribution in [0.3, 0.4) is 0 Å². The van der Waals surface area contributed by atoms with E-state index >= 15 is 0 Å². The number of aliphatic carboxylic acids is 1. The molecule has 0 atom stereocenters. The number of amides is 1. The maximum Gasteiger partial charge on any atom is 0.328 e. The molecule has 84 valence electrons. The fourth-order valence-corrected chi connectivity index (χ4v) is 0.997. The molecule has 5 heteroatoms. The Labute approximate surface area is 91.4 Å². The van der Waals surface area contributed by atoms with Crippen molar-refractivity contribution in [3.8, 4) is 0 Å². The van der Waals surface area contributed by atoms with Crippen LogP contribution in [0.4, 0.5) is 4.39 Å². The second-order valence-corrected chi connectivity index (χ2v) is 3.02. The molecule has 0 aliphatic carbocycles. The topological polar surface area (TPSA) is 66.4 Å². The minimum absolute atomic E-state index is 0.225. The number of carbonyl (C=O) groups is 2. The SMILES string of the molecule is O=C(O)C=CC(=O)NCc1ccc(F)cc1. The lowest BCUT2D eigenvalue weighted by Gasteiger charge is -2.01. The zero-order chi connectivity index (χ0) is 12.0. The Balaban J connectivity index is 2.43. The van der Waals surface area contributed by atoms with E-state index in [-0.39, 0.29) is 12.4 Å². The number of carboxylic acids is 1. The Morgan fingerprint density at radius 1 is 1.25 bits per heavy atom. The van der Waals surface area contributed by atoms with Crippen molar-refractivity contribution in [2.24, 2.45) is 0 Å². The first kappa shape index (κ1) is 11.9. The number of hydrogen-bond donors (Lipinski definition) is 2. The Hall–Kier alpha value is -2.17. The van der Waals surface area contributed by atoms with Crippen LogP contribution in [-0.4, -0.2) is 17.0 Å². The quantitative estimate of drug-likeness (QED) is 0.750. The molecule has 0 saturated heterocycles. The highest BCUT2D eigenvalue weighted by Crippen LogP contribution is 2.01. The molecule has 0 spiro atoms. The number of rotatable bonds is 4. The van der Waals surface area contributed by atoms with E-state index in [1.165, 1.54) is 24.3 Å². The van der Waals surface area contributed by atoms with E-state index in [0.717, 1.165) is 17.7 Å². The number of carbonyl (C=O) groups excluding carboxylic acids is 1. The van der Waals surface area contributed by atoms with Gasteiger partial charge in [0.25, 0.3) is 0 Å². The summed E-state index contributed by atoms with van der Waals surface area (Å²) in [4.78, 5) is 21.2. The Morgan fingerprint density at radius 3 is 2.44 bits per heavy atom. The summed E-state index contributed by atoms with van der Waals surface area (Å²) in [5.41, 5.74) is 0.735. The molecular weight excluding hydrogens is 213 g/mol. The molecule has 4 nitrogen and oxygen atoms in total. The lowest BCUT2D eigenvalue weighted by Crippen LogP contribution is -2.20. The van der Waals surface area contributed by atoms with Crippen molar-refractivity contribution in [1.82, 2.24) is 5.32 Å². The molecule has 0 radical (unpaired) electrons. The third-order valence-electron chi connectivity index (χ3n) is 1.76. The molecule has 0 saturated carbocycles. The highest BCUT2D eigenvalue weighted by Gasteiger charge is 1.98. The van der Waals surface area contributed by atoms with Gasteiger partial charge in [-0.2, -0.15) is 0 Å². The predicted octanol–water partition coefficient (Wildman–Crippen LogP) is 1.08. The van der Waals surface area contributed by atoms with E-state index in [1.807, 2.05) is 0 Å². The van der Waals surface area contributed by atoms with Crippen LogP contribution in [0.5, 0.6) is 0 Å². The van der Waals surface area contributed by atoms with Crippen molar-refractivity contribution in [3.63, 3.8) is 0 Å². The molecule has 0 unspecified atom stereocenters. The summed E-state index contributed by atoms with van der Waals surface area (Å²) < 4.78 is 12.5. The van der Waals surface area contributed by atoms with Gasteiger partial charge in [0.1, 0.15) is 5.82 Å². The highest BCUT2D eigenvalue weighted by molar-refractivity contribution is 5.93. The van der Waals surface area contributed by atoms with Crippen LogP contribution < -0.4 is 5.32 Å². The molecule has 2 N–H and O–H groups in total. The van der Waals surface area contributed by atoms with Crippen LogP contribution in [0.25, 0.3) is 0 Å². The van der Waals surface area contributed by atoms with E-state index in [9.17, 15) is 14.0 Å². The van der Waals surface area contributed by atoms with Crippen molar-refractivity contribution >= 4 is 11.9 Å². The number of carboxylic acid groups (broad SMARTS) is 1. The van der Waals surface area contributed by atoms with Gasteiger partial charge < -0.3 is 10.4 Å². The van der Waals surface area contributed by atoms with Crippen molar-refractivity contribution in [3.05, 3.63) is 47.8 Å². The lowest BCUT2D eigenvalue weighted by molar-refractivity contribution is -0.131. The molecule has 0 fully saturated rings. The first-order valence-electron chi connectivity index (χ1n) is 4.51. The van der Waals surface area contributed by atoms with Crippen LogP contribution >= 0.6 is 0 Å². The molecule has 0 bridgehead atoms. The van der Waals surface area contributed by atoms with Crippen molar-refractivity contribution in [1.29, 1.82) is 0 Å². The number of benzene rings is 1. The van der Waals surface area contributed by atoms with Gasteiger partial charge >= 0.3 is 5.97 Å². The number of halogens is 1. The molecule has 1 rings (SSSR count). The summed E-state index contributed by atoms with van der Waals surface area (Å²) in [6.45, 7) is 0.225. The van der Waals surface area contributed by atoms with Gasteiger partial charge in [-0.05, 0) is 17.7 Å². The minimum Gasteiger partial charge on any atom is -0.478 e. The summed E-state index contributed by atoms with van der Waals surface area (Å²) in [6.07, 6.45) is 1.67. The van der Waals surface area contributed by atoms with Crippen molar-refractivity contribution < 1.29 is 19.1 Å². The zero-order valence-corrected chi connectivity index (χ0v) is 8.31. The summed E-state index contributed by atoms with van der Waals surface area (Å²) in [5, 5.41) is 10.7. The zero-order valence-electron chi connectivity index (χ0n) is 8.31. The van der Waals surface area contributed by atoms with Gasteiger partial charge in [-0.15, -0.1) is 0 Å². The third-order valence-corrected chi connectivity index (χ3v) is 1.76. The van der Waals surface area contributed by atoms with Gasteiger partial charge in [0.2, 0.25) is 5.91 Å². The fraction of sp³-hybridized carbons (Fsp3) is 0.0909. The van der Waals surface area contributed by atoms with Gasteiger partial charge in [0, 0.05) is 18.7 Å². The third kappa shape index (κ3) is 4.36. The van der Waals surface area contributed by atoms with Gasteiger partial charge in [-0.25, -0.2) is 9.18 Å². The Bertz CT molecular complexity index is 412. The van der Waals surface area contributed by atoms with Gasteiger partial charge in [-0.1, -0.05) is 12.1 Å². The highest BCUT2D eigenvalue weighted by atomic mass is 19.1. The molecule has 1 amide bonds. The smallest absolute Gasteiger partial charge is 0.328 e. The summed E-state index contributed by atoms with van der Waals surface area (Å²) in [7, 11) is 0. The van der Waals surface area contributed by atoms with E-state index in [0.29, 0.717) is 0 Å². The molecule has 1 aromatic rings. The number of hydrogen-bond acceptors (Lipinski definition) is 2. The summed E-state index contributed by atoms with van der Waals surface area (Å²) in [5.74, 6) is -2.04. The minimum atomic E-state index is -1.18. The summed E-state index contributed by atoms with van der Waals surface area (Å²) in [6, 6.07) is 5.65. The monoisotopic (exact) mass is 223 g/mol. The standard InChI is InChI=1S/C11H10FNO3/c12-9-3-1-8(2-4-9)7-13-10(14)5-6-11(15)16/h1-6H,7H2,(H,13,14)(H,15,16). The van der Waals surface area contributed by atoms with Gasteiger partial charge in [0.15, 0.2) is 0 Å². The summed E-state index contributed by atoms with van der Waals surface area (Å²) >= 11 is 0. The van der Waals surface area contributed by atoms with E-state index in [2.05, 4.69) is 5.32 Å². The first-order chi connectivity index (χ1) is 7.58. The first-order valence-corrected chi connectivity index (χ1v) is 4.51. The average Bonchev–Trinajstić information content (AvgIpc) is 2.25. The molecule has 0 aliphatic heterocycles. The van der Waals surface area contributed by atoms with Gasteiger partial charge in [-0.3, -0.25) is 4.79 Å². The van der Waals surface area contributed by atoms with Crippen molar-refractivity contribution in [2.75, 3.05) is 0 Å². The second-order valence-electron chi connectivity index (χ2n) is 3.02. The molecule has 16 heavy (non-hydrogen) atoms. The van der Waals surface area contributed by atoms with Gasteiger partial charge in [0.05, 0.1) is 0 Å².